The van der Waals surface area contributed by atoms with Crippen molar-refractivity contribution in [2.45, 2.75) is 19.3 Å². The molecule has 2 saturated heterocycles. The number of hydrogen-bond donors (Lipinski definition) is 1. The van der Waals surface area contributed by atoms with Crippen LogP contribution in [0.2, 0.25) is 5.15 Å². The summed E-state index contributed by atoms with van der Waals surface area (Å²) >= 11 is 5.96. The minimum atomic E-state index is -0.788. The minimum Gasteiger partial charge on any atom is -0.481 e. The maximum atomic E-state index is 13.2. The van der Waals surface area contributed by atoms with Gasteiger partial charge in [0.25, 0.3) is 5.91 Å². The number of aromatic nitrogens is 1. The average Bonchev–Trinajstić information content (AvgIpc) is 2.83. The number of piperidine rings is 1. The van der Waals surface area contributed by atoms with Crippen LogP contribution < -0.4 is 4.90 Å². The van der Waals surface area contributed by atoms with Crippen molar-refractivity contribution in [1.82, 2.24) is 14.8 Å². The zero-order valence-electron chi connectivity index (χ0n) is 19.1. The number of carboxylic acid groups (broad SMARTS) is 1. The van der Waals surface area contributed by atoms with Crippen molar-refractivity contribution in [2.24, 2.45) is 11.8 Å². The first-order chi connectivity index (χ1) is 16.4. The van der Waals surface area contributed by atoms with E-state index in [0.717, 1.165) is 44.8 Å². The van der Waals surface area contributed by atoms with Gasteiger partial charge in [0.15, 0.2) is 0 Å². The van der Waals surface area contributed by atoms with Gasteiger partial charge in [-0.2, -0.15) is 0 Å². The molecular formula is C25H30ClFN4O3. The lowest BCUT2D eigenvalue weighted by Crippen LogP contribution is -2.48. The van der Waals surface area contributed by atoms with Gasteiger partial charge >= 0.3 is 5.97 Å². The molecule has 0 saturated carbocycles. The van der Waals surface area contributed by atoms with E-state index < -0.39 is 5.97 Å². The maximum Gasteiger partial charge on any atom is 0.303 e. The molecule has 0 unspecified atom stereocenters. The van der Waals surface area contributed by atoms with Gasteiger partial charge in [0, 0.05) is 63.1 Å². The van der Waals surface area contributed by atoms with E-state index in [1.807, 2.05) is 17.0 Å². The fourth-order valence-corrected chi connectivity index (χ4v) is 5.21. The van der Waals surface area contributed by atoms with Crippen molar-refractivity contribution in [1.29, 1.82) is 0 Å². The van der Waals surface area contributed by atoms with Crippen LogP contribution in [-0.2, 0) is 4.79 Å². The molecule has 182 valence electrons. The van der Waals surface area contributed by atoms with Crippen molar-refractivity contribution >= 4 is 29.2 Å². The number of piperazine rings is 1. The van der Waals surface area contributed by atoms with Crippen LogP contribution in [0.25, 0.3) is 0 Å². The van der Waals surface area contributed by atoms with Gasteiger partial charge in [-0.1, -0.05) is 11.6 Å². The predicted octanol–water partition coefficient (Wildman–Crippen LogP) is 3.64. The summed E-state index contributed by atoms with van der Waals surface area (Å²) in [7, 11) is 0. The van der Waals surface area contributed by atoms with E-state index in [1.165, 1.54) is 18.3 Å². The lowest BCUT2D eigenvalue weighted by molar-refractivity contribution is -0.139. The second-order valence-corrected chi connectivity index (χ2v) is 9.51. The molecule has 9 heteroatoms. The molecule has 4 rings (SSSR count). The standard InChI is InChI=1S/C25H30ClFN4O3/c26-23-15-19(5-8-28-23)25(34)31-10-7-18(16-24(32)33)20(17-31)6-9-29-11-13-30(14-12-29)22-3-1-21(27)2-4-22/h1-5,8,15,18,20H,6-7,9-14,16-17H2,(H,32,33)/t18-,20+/m0/s1. The summed E-state index contributed by atoms with van der Waals surface area (Å²) in [4.78, 5) is 34.9. The van der Waals surface area contributed by atoms with Crippen LogP contribution in [0, 0.1) is 17.7 Å². The highest BCUT2D eigenvalue weighted by molar-refractivity contribution is 6.29. The highest BCUT2D eigenvalue weighted by atomic mass is 35.5. The molecule has 0 spiro atoms. The highest BCUT2D eigenvalue weighted by Crippen LogP contribution is 2.30. The molecule has 2 aliphatic heterocycles. The molecular weight excluding hydrogens is 459 g/mol. The summed E-state index contributed by atoms with van der Waals surface area (Å²) in [5.74, 6) is -0.922. The smallest absolute Gasteiger partial charge is 0.303 e. The number of amides is 1. The molecule has 0 bridgehead atoms. The lowest BCUT2D eigenvalue weighted by Gasteiger charge is -2.40. The lowest BCUT2D eigenvalue weighted by atomic mass is 9.81. The van der Waals surface area contributed by atoms with Gasteiger partial charge in [0.2, 0.25) is 0 Å². The Morgan fingerprint density at radius 3 is 2.47 bits per heavy atom. The summed E-state index contributed by atoms with van der Waals surface area (Å²) in [6, 6.07) is 9.83. The molecule has 1 amide bonds. The number of benzene rings is 1. The van der Waals surface area contributed by atoms with Crippen molar-refractivity contribution in [3.8, 4) is 0 Å². The molecule has 1 N–H and O–H groups in total. The van der Waals surface area contributed by atoms with Gasteiger partial charge in [-0.25, -0.2) is 9.37 Å². The SMILES string of the molecule is O=C(O)C[C@@H]1CCN(C(=O)c2ccnc(Cl)c2)C[C@H]1CCN1CCN(c2ccc(F)cc2)CC1. The summed E-state index contributed by atoms with van der Waals surface area (Å²) in [5, 5.41) is 9.68. The number of pyridine rings is 1. The molecule has 2 atom stereocenters. The number of nitrogens with zero attached hydrogens (tertiary/aromatic N) is 4. The van der Waals surface area contributed by atoms with Crippen LogP contribution in [0.5, 0.6) is 0 Å². The van der Waals surface area contributed by atoms with Crippen LogP contribution in [0.15, 0.2) is 42.6 Å². The Bertz CT molecular complexity index is 998. The van der Waals surface area contributed by atoms with Crippen LogP contribution >= 0.6 is 11.6 Å². The first-order valence-electron chi connectivity index (χ1n) is 11.7. The largest absolute Gasteiger partial charge is 0.481 e. The average molecular weight is 489 g/mol. The number of carbonyl (C=O) groups excluding carboxylic acids is 1. The number of aliphatic carboxylic acids is 1. The van der Waals surface area contributed by atoms with Gasteiger partial charge < -0.3 is 14.9 Å². The van der Waals surface area contributed by atoms with Crippen LogP contribution in [-0.4, -0.2) is 77.6 Å². The Morgan fingerprint density at radius 2 is 1.79 bits per heavy atom. The number of carboxylic acids is 1. The molecule has 0 radical (unpaired) electrons. The van der Waals surface area contributed by atoms with E-state index in [9.17, 15) is 19.1 Å². The molecule has 0 aliphatic carbocycles. The summed E-state index contributed by atoms with van der Waals surface area (Å²) in [6.45, 7) is 5.47. The second kappa shape index (κ2) is 11.1. The number of likely N-dealkylation sites (tertiary alicyclic amines) is 1. The zero-order chi connectivity index (χ0) is 24.1. The van der Waals surface area contributed by atoms with Gasteiger partial charge in [0.1, 0.15) is 11.0 Å². The number of hydrogen-bond acceptors (Lipinski definition) is 5. The number of halogens is 2. The Labute approximate surface area is 204 Å². The quantitative estimate of drug-likeness (QED) is 0.600. The van der Waals surface area contributed by atoms with Crippen LogP contribution in [0.1, 0.15) is 29.6 Å². The zero-order valence-corrected chi connectivity index (χ0v) is 19.8. The first-order valence-corrected chi connectivity index (χ1v) is 12.1. The molecule has 3 heterocycles. The molecule has 2 fully saturated rings. The highest BCUT2D eigenvalue weighted by Gasteiger charge is 2.33. The number of rotatable bonds is 7. The topological polar surface area (TPSA) is 77.0 Å². The van der Waals surface area contributed by atoms with E-state index in [0.29, 0.717) is 25.1 Å². The molecule has 7 nitrogen and oxygen atoms in total. The fourth-order valence-electron chi connectivity index (χ4n) is 5.03. The Balaban J connectivity index is 1.33. The van der Waals surface area contributed by atoms with Crippen LogP contribution in [0.3, 0.4) is 0 Å². The Hall–Kier alpha value is -2.71. The molecule has 2 aromatic rings. The monoisotopic (exact) mass is 488 g/mol. The Kier molecular flexibility index (Phi) is 8.00. The third-order valence-electron chi connectivity index (χ3n) is 6.97. The Morgan fingerprint density at radius 1 is 1.06 bits per heavy atom. The summed E-state index contributed by atoms with van der Waals surface area (Å²) < 4.78 is 13.2. The molecule has 34 heavy (non-hydrogen) atoms. The summed E-state index contributed by atoms with van der Waals surface area (Å²) in [6.07, 6.45) is 3.18. The second-order valence-electron chi connectivity index (χ2n) is 9.12. The van der Waals surface area contributed by atoms with Crippen molar-refractivity contribution in [2.75, 3.05) is 50.7 Å². The number of anilines is 1. The predicted molar refractivity (Wildman–Crippen MR) is 129 cm³/mol. The molecule has 1 aromatic heterocycles. The van der Waals surface area contributed by atoms with Gasteiger partial charge in [-0.3, -0.25) is 14.5 Å². The molecule has 1 aromatic carbocycles. The van der Waals surface area contributed by atoms with Crippen molar-refractivity contribution in [3.63, 3.8) is 0 Å². The third kappa shape index (κ3) is 6.24. The normalized spacial score (nSPS) is 21.5. The van der Waals surface area contributed by atoms with Crippen molar-refractivity contribution < 1.29 is 19.1 Å². The van der Waals surface area contributed by atoms with Gasteiger partial charge in [-0.15, -0.1) is 0 Å². The van der Waals surface area contributed by atoms with E-state index in [-0.39, 0.29) is 35.1 Å². The van der Waals surface area contributed by atoms with Crippen molar-refractivity contribution in [3.05, 3.63) is 59.1 Å². The molecule has 2 aliphatic rings. The number of carbonyl (C=O) groups is 2. The fraction of sp³-hybridized carbons (Fsp3) is 0.480. The van der Waals surface area contributed by atoms with E-state index in [4.69, 9.17) is 11.6 Å². The van der Waals surface area contributed by atoms with E-state index >= 15 is 0 Å². The third-order valence-corrected chi connectivity index (χ3v) is 7.18. The van der Waals surface area contributed by atoms with E-state index in [2.05, 4.69) is 14.8 Å². The van der Waals surface area contributed by atoms with Gasteiger partial charge in [0.05, 0.1) is 0 Å². The maximum absolute atomic E-state index is 13.2. The summed E-state index contributed by atoms with van der Waals surface area (Å²) in [5.41, 5.74) is 1.53. The van der Waals surface area contributed by atoms with Gasteiger partial charge in [-0.05, 0) is 67.6 Å². The first kappa shape index (κ1) is 24.4. The van der Waals surface area contributed by atoms with E-state index in [1.54, 1.807) is 12.1 Å². The van der Waals surface area contributed by atoms with Crippen LogP contribution in [0.4, 0.5) is 10.1 Å². The minimum absolute atomic E-state index is 0.0584.